The molecule has 2 aromatic rings. The number of hydrogen-bond acceptors (Lipinski definition) is 2. The molecule has 0 aliphatic heterocycles. The van der Waals surface area contributed by atoms with Crippen molar-refractivity contribution in [3.8, 4) is 0 Å². The van der Waals surface area contributed by atoms with Gasteiger partial charge in [0.15, 0.2) is 0 Å². The minimum Gasteiger partial charge on any atom is -0.378 e. The lowest BCUT2D eigenvalue weighted by Crippen LogP contribution is -2.24. The number of amides is 1. The molecule has 0 fully saturated rings. The van der Waals surface area contributed by atoms with Gasteiger partial charge in [-0.1, -0.05) is 36.4 Å². The molecule has 0 aliphatic carbocycles. The Hall–Kier alpha value is -2.29. The Morgan fingerprint density at radius 1 is 1.00 bits per heavy atom. The van der Waals surface area contributed by atoms with Gasteiger partial charge in [0, 0.05) is 31.9 Å². The van der Waals surface area contributed by atoms with Gasteiger partial charge in [-0.2, -0.15) is 0 Å². The summed E-state index contributed by atoms with van der Waals surface area (Å²) in [7, 11) is 3.95. The van der Waals surface area contributed by atoms with Crippen LogP contribution in [-0.2, 0) is 6.42 Å². The average molecular weight is 296 g/mol. The first-order valence-corrected chi connectivity index (χ1v) is 7.76. The van der Waals surface area contributed by atoms with Gasteiger partial charge < -0.3 is 10.2 Å². The molecule has 3 heteroatoms. The maximum Gasteiger partial charge on any atom is 0.251 e. The first-order chi connectivity index (χ1) is 10.7. The predicted octanol–water partition coefficient (Wildman–Crippen LogP) is 3.51. The van der Waals surface area contributed by atoms with Gasteiger partial charge in [0.2, 0.25) is 0 Å². The molecule has 0 heterocycles. The van der Waals surface area contributed by atoms with Gasteiger partial charge in [-0.25, -0.2) is 0 Å². The SMILES string of the molecule is CN(C)c1cccc(C(=O)NCCCCc2ccccc2)c1. The normalized spacial score (nSPS) is 10.3. The van der Waals surface area contributed by atoms with E-state index >= 15 is 0 Å². The maximum absolute atomic E-state index is 12.1. The molecule has 0 radical (unpaired) electrons. The van der Waals surface area contributed by atoms with Gasteiger partial charge in [0.25, 0.3) is 5.91 Å². The molecule has 0 saturated carbocycles. The quantitative estimate of drug-likeness (QED) is 0.793. The van der Waals surface area contributed by atoms with Crippen molar-refractivity contribution < 1.29 is 4.79 Å². The fourth-order valence-electron chi connectivity index (χ4n) is 2.33. The summed E-state index contributed by atoms with van der Waals surface area (Å²) in [5.74, 6) is 0.00316. The first-order valence-electron chi connectivity index (χ1n) is 7.76. The van der Waals surface area contributed by atoms with Crippen molar-refractivity contribution in [3.63, 3.8) is 0 Å². The van der Waals surface area contributed by atoms with Crippen LogP contribution in [-0.4, -0.2) is 26.5 Å². The highest BCUT2D eigenvalue weighted by Gasteiger charge is 2.06. The fourth-order valence-corrected chi connectivity index (χ4v) is 2.33. The number of unbranched alkanes of at least 4 members (excludes halogenated alkanes) is 1. The number of nitrogens with zero attached hydrogens (tertiary/aromatic N) is 1. The number of nitrogens with one attached hydrogen (secondary N) is 1. The van der Waals surface area contributed by atoms with Crippen LogP contribution in [0.25, 0.3) is 0 Å². The van der Waals surface area contributed by atoms with Crippen LogP contribution in [0.15, 0.2) is 54.6 Å². The monoisotopic (exact) mass is 296 g/mol. The summed E-state index contributed by atoms with van der Waals surface area (Å²) < 4.78 is 0. The highest BCUT2D eigenvalue weighted by molar-refractivity contribution is 5.95. The van der Waals surface area contributed by atoms with Gasteiger partial charge in [-0.05, 0) is 43.0 Å². The van der Waals surface area contributed by atoms with Crippen LogP contribution in [0, 0.1) is 0 Å². The third-order valence-corrected chi connectivity index (χ3v) is 3.65. The second-order valence-electron chi connectivity index (χ2n) is 5.64. The molecule has 22 heavy (non-hydrogen) atoms. The summed E-state index contributed by atoms with van der Waals surface area (Å²) in [5, 5.41) is 2.99. The second kappa shape index (κ2) is 8.23. The highest BCUT2D eigenvalue weighted by atomic mass is 16.1. The summed E-state index contributed by atoms with van der Waals surface area (Å²) >= 11 is 0. The number of carbonyl (C=O) groups is 1. The van der Waals surface area contributed by atoms with Crippen molar-refractivity contribution in [1.82, 2.24) is 5.32 Å². The molecule has 1 N–H and O–H groups in total. The number of carbonyl (C=O) groups excluding carboxylic acids is 1. The van der Waals surface area contributed by atoms with Crippen LogP contribution in [0.5, 0.6) is 0 Å². The van der Waals surface area contributed by atoms with E-state index in [1.807, 2.05) is 49.3 Å². The Morgan fingerprint density at radius 2 is 1.77 bits per heavy atom. The zero-order valence-electron chi connectivity index (χ0n) is 13.4. The van der Waals surface area contributed by atoms with Crippen molar-refractivity contribution >= 4 is 11.6 Å². The van der Waals surface area contributed by atoms with E-state index in [4.69, 9.17) is 0 Å². The third kappa shape index (κ3) is 4.92. The molecule has 0 unspecified atom stereocenters. The molecule has 3 nitrogen and oxygen atoms in total. The molecule has 0 aromatic heterocycles. The molecule has 1 amide bonds. The molecule has 0 saturated heterocycles. The zero-order valence-corrected chi connectivity index (χ0v) is 13.4. The first kappa shape index (κ1) is 16.1. The van der Waals surface area contributed by atoms with E-state index in [0.29, 0.717) is 5.56 Å². The van der Waals surface area contributed by atoms with E-state index in [2.05, 4.69) is 29.6 Å². The van der Waals surface area contributed by atoms with E-state index in [1.165, 1.54) is 5.56 Å². The van der Waals surface area contributed by atoms with Crippen LogP contribution in [0.4, 0.5) is 5.69 Å². The van der Waals surface area contributed by atoms with Gasteiger partial charge in [-0.3, -0.25) is 4.79 Å². The van der Waals surface area contributed by atoms with Crippen molar-refractivity contribution in [2.45, 2.75) is 19.3 Å². The molecule has 0 aliphatic rings. The molecular weight excluding hydrogens is 272 g/mol. The van der Waals surface area contributed by atoms with Crippen molar-refractivity contribution in [1.29, 1.82) is 0 Å². The Kier molecular flexibility index (Phi) is 6.01. The lowest BCUT2D eigenvalue weighted by Gasteiger charge is -2.13. The Balaban J connectivity index is 1.73. The van der Waals surface area contributed by atoms with E-state index in [1.54, 1.807) is 0 Å². The van der Waals surface area contributed by atoms with Crippen molar-refractivity contribution in [2.75, 3.05) is 25.5 Å². The Bertz CT molecular complexity index is 593. The van der Waals surface area contributed by atoms with Gasteiger partial charge in [0.1, 0.15) is 0 Å². The molecule has 2 aromatic carbocycles. The summed E-state index contributed by atoms with van der Waals surface area (Å²) in [6.45, 7) is 0.720. The second-order valence-corrected chi connectivity index (χ2v) is 5.64. The number of anilines is 1. The highest BCUT2D eigenvalue weighted by Crippen LogP contribution is 2.13. The number of aryl methyl sites for hydroxylation is 1. The number of rotatable bonds is 7. The van der Waals surface area contributed by atoms with Crippen LogP contribution in [0.2, 0.25) is 0 Å². The Morgan fingerprint density at radius 3 is 2.50 bits per heavy atom. The fraction of sp³-hybridized carbons (Fsp3) is 0.316. The largest absolute Gasteiger partial charge is 0.378 e. The lowest BCUT2D eigenvalue weighted by atomic mass is 10.1. The predicted molar refractivity (Wildman–Crippen MR) is 92.5 cm³/mol. The third-order valence-electron chi connectivity index (χ3n) is 3.65. The van der Waals surface area contributed by atoms with Crippen LogP contribution in [0.1, 0.15) is 28.8 Å². The van der Waals surface area contributed by atoms with Crippen LogP contribution >= 0.6 is 0 Å². The number of hydrogen-bond donors (Lipinski definition) is 1. The van der Waals surface area contributed by atoms with Crippen LogP contribution in [0.3, 0.4) is 0 Å². The van der Waals surface area contributed by atoms with Crippen molar-refractivity contribution in [2.24, 2.45) is 0 Å². The zero-order chi connectivity index (χ0) is 15.8. The summed E-state index contributed by atoms with van der Waals surface area (Å²) in [5.41, 5.74) is 3.11. The van der Waals surface area contributed by atoms with E-state index < -0.39 is 0 Å². The summed E-state index contributed by atoms with van der Waals surface area (Å²) in [4.78, 5) is 14.1. The molecule has 0 bridgehead atoms. The molecule has 0 atom stereocenters. The summed E-state index contributed by atoms with van der Waals surface area (Å²) in [6.07, 6.45) is 3.14. The Labute approximate surface area is 133 Å². The molecule has 0 spiro atoms. The van der Waals surface area contributed by atoms with E-state index in [9.17, 15) is 4.79 Å². The van der Waals surface area contributed by atoms with Gasteiger partial charge in [-0.15, -0.1) is 0 Å². The van der Waals surface area contributed by atoms with E-state index in [0.717, 1.165) is 31.5 Å². The maximum atomic E-state index is 12.1. The van der Waals surface area contributed by atoms with Gasteiger partial charge >= 0.3 is 0 Å². The van der Waals surface area contributed by atoms with Gasteiger partial charge in [0.05, 0.1) is 0 Å². The molecule has 116 valence electrons. The van der Waals surface area contributed by atoms with Crippen molar-refractivity contribution in [3.05, 3.63) is 65.7 Å². The average Bonchev–Trinajstić information content (AvgIpc) is 2.55. The smallest absolute Gasteiger partial charge is 0.251 e. The topological polar surface area (TPSA) is 32.3 Å². The van der Waals surface area contributed by atoms with Crippen LogP contribution < -0.4 is 10.2 Å². The number of benzene rings is 2. The summed E-state index contributed by atoms with van der Waals surface area (Å²) in [6, 6.07) is 18.1. The van der Waals surface area contributed by atoms with E-state index in [-0.39, 0.29) is 5.91 Å². The molecule has 2 rings (SSSR count). The molecular formula is C19H24N2O. The minimum absolute atomic E-state index is 0.00316. The lowest BCUT2D eigenvalue weighted by molar-refractivity contribution is 0.0953. The standard InChI is InChI=1S/C19H24N2O/c1-21(2)18-13-8-12-17(15-18)19(22)20-14-7-6-11-16-9-4-3-5-10-16/h3-5,8-10,12-13,15H,6-7,11,14H2,1-2H3,(H,20,22). The minimum atomic E-state index is 0.00316.